The van der Waals surface area contributed by atoms with Crippen molar-refractivity contribution in [2.45, 2.75) is 44.1 Å². The van der Waals surface area contributed by atoms with Gasteiger partial charge in [0.2, 0.25) is 0 Å². The van der Waals surface area contributed by atoms with Gasteiger partial charge in [-0.3, -0.25) is 9.78 Å². The van der Waals surface area contributed by atoms with Crippen LogP contribution in [0.4, 0.5) is 0 Å². The highest BCUT2D eigenvalue weighted by atomic mass is 16.5. The summed E-state index contributed by atoms with van der Waals surface area (Å²) in [6.45, 7) is 1.74. The summed E-state index contributed by atoms with van der Waals surface area (Å²) in [6, 6.07) is 3.61. The van der Waals surface area contributed by atoms with Gasteiger partial charge in [0.25, 0.3) is 11.8 Å². The fourth-order valence-corrected chi connectivity index (χ4v) is 3.86. The summed E-state index contributed by atoms with van der Waals surface area (Å²) in [5.41, 5.74) is 0.548. The van der Waals surface area contributed by atoms with Gasteiger partial charge in [-0.25, -0.2) is 0 Å². The lowest BCUT2D eigenvalue weighted by Gasteiger charge is -2.40. The highest BCUT2D eigenvalue weighted by molar-refractivity contribution is 5.93. The molecule has 2 aromatic rings. The van der Waals surface area contributed by atoms with Gasteiger partial charge in [-0.15, -0.1) is 0 Å². The van der Waals surface area contributed by atoms with Crippen molar-refractivity contribution < 1.29 is 14.1 Å². The van der Waals surface area contributed by atoms with E-state index in [1.807, 2.05) is 11.0 Å². The molecule has 26 heavy (non-hydrogen) atoms. The van der Waals surface area contributed by atoms with Crippen molar-refractivity contribution in [3.8, 4) is 0 Å². The van der Waals surface area contributed by atoms with Gasteiger partial charge in [0.1, 0.15) is 6.61 Å². The van der Waals surface area contributed by atoms with Gasteiger partial charge in [0, 0.05) is 38.0 Å². The second-order valence-electron chi connectivity index (χ2n) is 7.41. The first kappa shape index (κ1) is 17.1. The minimum atomic E-state index is -0.0949. The van der Waals surface area contributed by atoms with Crippen molar-refractivity contribution in [2.24, 2.45) is 5.92 Å². The maximum absolute atomic E-state index is 12.7. The number of nitrogens with zero attached hydrogens (tertiary/aromatic N) is 4. The van der Waals surface area contributed by atoms with E-state index in [4.69, 9.17) is 9.26 Å². The molecule has 0 N–H and O–H groups in total. The molecule has 1 saturated heterocycles. The number of ether oxygens (including phenoxy) is 1. The van der Waals surface area contributed by atoms with Crippen LogP contribution in [0.3, 0.4) is 0 Å². The Kier molecular flexibility index (Phi) is 4.72. The third kappa shape index (κ3) is 3.49. The summed E-state index contributed by atoms with van der Waals surface area (Å²) in [6.07, 6.45) is 8.68. The number of hydrogen-bond acceptors (Lipinski definition) is 6. The summed E-state index contributed by atoms with van der Waals surface area (Å²) in [5, 5.41) is 4.26. The Balaban J connectivity index is 1.49. The van der Waals surface area contributed by atoms with Gasteiger partial charge in [0.05, 0.1) is 5.56 Å². The van der Waals surface area contributed by atoms with E-state index < -0.39 is 0 Å². The number of aromatic nitrogens is 3. The van der Waals surface area contributed by atoms with Gasteiger partial charge in [-0.05, 0) is 37.3 Å². The Bertz CT molecular complexity index is 749. The zero-order chi connectivity index (χ0) is 18.0. The van der Waals surface area contributed by atoms with Crippen molar-refractivity contribution in [1.29, 1.82) is 0 Å². The molecule has 0 radical (unpaired) electrons. The van der Waals surface area contributed by atoms with E-state index in [9.17, 15) is 4.79 Å². The van der Waals surface area contributed by atoms with E-state index in [1.165, 1.54) is 12.8 Å². The first-order valence-electron chi connectivity index (χ1n) is 9.21. The molecular formula is C19H24N4O3. The molecule has 7 nitrogen and oxygen atoms in total. The van der Waals surface area contributed by atoms with E-state index in [0.717, 1.165) is 31.0 Å². The molecule has 138 valence electrons. The molecule has 0 aromatic carbocycles. The molecule has 7 heteroatoms. The molecule has 0 unspecified atom stereocenters. The second kappa shape index (κ2) is 7.15. The largest absolute Gasteiger partial charge is 0.375 e. The molecule has 0 bridgehead atoms. The number of carbonyl (C=O) groups is 1. The quantitative estimate of drug-likeness (QED) is 0.791. The molecule has 2 fully saturated rings. The Labute approximate surface area is 152 Å². The van der Waals surface area contributed by atoms with E-state index >= 15 is 0 Å². The van der Waals surface area contributed by atoms with Gasteiger partial charge >= 0.3 is 0 Å². The first-order chi connectivity index (χ1) is 12.7. The van der Waals surface area contributed by atoms with E-state index in [-0.39, 0.29) is 11.3 Å². The summed E-state index contributed by atoms with van der Waals surface area (Å²) >= 11 is 0. The van der Waals surface area contributed by atoms with Crippen LogP contribution in [0, 0.1) is 5.92 Å². The van der Waals surface area contributed by atoms with E-state index in [0.29, 0.717) is 31.2 Å². The molecule has 1 aliphatic heterocycles. The van der Waals surface area contributed by atoms with Crippen molar-refractivity contribution in [3.63, 3.8) is 0 Å². The predicted molar refractivity (Wildman–Crippen MR) is 93.4 cm³/mol. The van der Waals surface area contributed by atoms with Crippen molar-refractivity contribution in [2.75, 3.05) is 20.2 Å². The van der Waals surface area contributed by atoms with Gasteiger partial charge in [-0.1, -0.05) is 18.0 Å². The third-order valence-corrected chi connectivity index (χ3v) is 5.50. The molecule has 0 spiro atoms. The van der Waals surface area contributed by atoms with Crippen LogP contribution in [-0.2, 0) is 16.8 Å². The Hall–Kier alpha value is -2.28. The van der Waals surface area contributed by atoms with Crippen LogP contribution in [0.5, 0.6) is 0 Å². The molecular weight excluding hydrogens is 332 g/mol. The Morgan fingerprint density at radius 3 is 2.85 bits per heavy atom. The topological polar surface area (TPSA) is 81.4 Å². The summed E-state index contributed by atoms with van der Waals surface area (Å²) < 4.78 is 10.5. The SMILES string of the molecule is COCc1nc(C2(CC3CC3)CCN(C(=O)c3cccnc3)CC2)no1. The summed E-state index contributed by atoms with van der Waals surface area (Å²) in [7, 11) is 1.62. The number of amides is 1. The molecule has 1 aliphatic carbocycles. The maximum atomic E-state index is 12.7. The smallest absolute Gasteiger partial charge is 0.255 e. The van der Waals surface area contributed by atoms with Crippen molar-refractivity contribution >= 4 is 5.91 Å². The van der Waals surface area contributed by atoms with Crippen LogP contribution in [0.1, 0.15) is 54.2 Å². The minimum absolute atomic E-state index is 0.0475. The lowest BCUT2D eigenvalue weighted by atomic mass is 9.73. The van der Waals surface area contributed by atoms with Crippen LogP contribution in [0.25, 0.3) is 0 Å². The fourth-order valence-electron chi connectivity index (χ4n) is 3.86. The van der Waals surface area contributed by atoms with Crippen LogP contribution in [0.15, 0.2) is 29.0 Å². The minimum Gasteiger partial charge on any atom is -0.375 e. The number of carbonyl (C=O) groups excluding carboxylic acids is 1. The lowest BCUT2D eigenvalue weighted by molar-refractivity contribution is 0.0645. The van der Waals surface area contributed by atoms with Crippen LogP contribution in [0.2, 0.25) is 0 Å². The van der Waals surface area contributed by atoms with E-state index in [1.54, 1.807) is 25.6 Å². The number of hydrogen-bond donors (Lipinski definition) is 0. The maximum Gasteiger partial charge on any atom is 0.255 e. The molecule has 1 saturated carbocycles. The molecule has 0 atom stereocenters. The standard InChI is InChI=1S/C19H24N4O3/c1-25-13-16-21-18(22-26-16)19(11-14-4-5-14)6-9-23(10-7-19)17(24)15-3-2-8-20-12-15/h2-3,8,12,14H,4-7,9-11,13H2,1H3. The zero-order valence-electron chi connectivity index (χ0n) is 15.1. The van der Waals surface area contributed by atoms with Crippen molar-refractivity contribution in [1.82, 2.24) is 20.0 Å². The van der Waals surface area contributed by atoms with Gasteiger partial charge < -0.3 is 14.2 Å². The summed E-state index contributed by atoms with van der Waals surface area (Å²) in [5.74, 6) is 2.10. The van der Waals surface area contributed by atoms with Gasteiger partial charge in [-0.2, -0.15) is 4.98 Å². The average molecular weight is 356 g/mol. The molecule has 2 aliphatic rings. The average Bonchev–Trinajstić information content (AvgIpc) is 3.36. The molecule has 3 heterocycles. The normalized spacial score (nSPS) is 19.5. The number of piperidine rings is 1. The Morgan fingerprint density at radius 2 is 2.19 bits per heavy atom. The van der Waals surface area contributed by atoms with Crippen LogP contribution < -0.4 is 0 Å². The highest BCUT2D eigenvalue weighted by Crippen LogP contribution is 2.46. The fraction of sp³-hybridized carbons (Fsp3) is 0.579. The highest BCUT2D eigenvalue weighted by Gasteiger charge is 2.44. The number of methoxy groups -OCH3 is 1. The summed E-state index contributed by atoms with van der Waals surface area (Å²) in [4.78, 5) is 23.2. The second-order valence-corrected chi connectivity index (χ2v) is 7.41. The first-order valence-corrected chi connectivity index (χ1v) is 9.21. The molecule has 1 amide bonds. The number of pyridine rings is 1. The van der Waals surface area contributed by atoms with Crippen molar-refractivity contribution in [3.05, 3.63) is 41.8 Å². The van der Waals surface area contributed by atoms with Gasteiger partial charge in [0.15, 0.2) is 5.82 Å². The number of likely N-dealkylation sites (tertiary alicyclic amines) is 1. The monoisotopic (exact) mass is 356 g/mol. The lowest BCUT2D eigenvalue weighted by Crippen LogP contribution is -2.46. The van der Waals surface area contributed by atoms with Crippen LogP contribution in [-0.4, -0.2) is 46.1 Å². The molecule has 4 rings (SSSR count). The van der Waals surface area contributed by atoms with Crippen LogP contribution >= 0.6 is 0 Å². The zero-order valence-corrected chi connectivity index (χ0v) is 15.1. The molecule has 2 aromatic heterocycles. The predicted octanol–water partition coefficient (Wildman–Crippen LogP) is 2.59. The third-order valence-electron chi connectivity index (χ3n) is 5.50. The Morgan fingerprint density at radius 1 is 1.38 bits per heavy atom. The number of rotatable bonds is 6. The van der Waals surface area contributed by atoms with E-state index in [2.05, 4.69) is 15.1 Å².